The van der Waals surface area contributed by atoms with Crippen LogP contribution in [0.15, 0.2) is 48.5 Å². The van der Waals surface area contributed by atoms with Crippen molar-refractivity contribution in [3.05, 3.63) is 76.7 Å². The van der Waals surface area contributed by atoms with Crippen LogP contribution in [-0.4, -0.2) is 15.9 Å². The van der Waals surface area contributed by atoms with Crippen molar-refractivity contribution in [1.82, 2.24) is 9.97 Å². The van der Waals surface area contributed by atoms with E-state index in [1.54, 1.807) is 13.0 Å². The Balaban J connectivity index is 1.83. The molecule has 5 nitrogen and oxygen atoms in total. The molecular formula is C21H22N4O. The summed E-state index contributed by atoms with van der Waals surface area (Å²) in [5.74, 6) is 0.873. The van der Waals surface area contributed by atoms with Crippen molar-refractivity contribution in [3.63, 3.8) is 0 Å². The van der Waals surface area contributed by atoms with Gasteiger partial charge in [0.1, 0.15) is 17.3 Å². The Kier molecular flexibility index (Phi) is 4.98. The molecule has 0 bridgehead atoms. The largest absolute Gasteiger partial charge is 0.340 e. The number of aryl methyl sites for hydroxylation is 4. The fourth-order valence-corrected chi connectivity index (χ4v) is 2.59. The number of nitrogens with one attached hydrogen (secondary N) is 2. The zero-order chi connectivity index (χ0) is 18.7. The fourth-order valence-electron chi connectivity index (χ4n) is 2.59. The van der Waals surface area contributed by atoms with Crippen LogP contribution in [0.2, 0.25) is 0 Å². The number of hydrogen-bond acceptors (Lipinski definition) is 4. The maximum atomic E-state index is 12.5. The molecule has 0 atom stereocenters. The van der Waals surface area contributed by atoms with E-state index >= 15 is 0 Å². The first-order chi connectivity index (χ1) is 12.4. The third-order valence-electron chi connectivity index (χ3n) is 4.04. The molecule has 0 radical (unpaired) electrons. The molecule has 0 saturated heterocycles. The van der Waals surface area contributed by atoms with Gasteiger partial charge in [0, 0.05) is 17.4 Å². The monoisotopic (exact) mass is 346 g/mol. The molecule has 0 unspecified atom stereocenters. The van der Waals surface area contributed by atoms with Crippen molar-refractivity contribution in [3.8, 4) is 0 Å². The second-order valence-electron chi connectivity index (χ2n) is 6.45. The lowest BCUT2D eigenvalue weighted by Crippen LogP contribution is -2.15. The van der Waals surface area contributed by atoms with E-state index in [0.717, 1.165) is 28.1 Å². The van der Waals surface area contributed by atoms with Crippen molar-refractivity contribution in [2.24, 2.45) is 0 Å². The van der Waals surface area contributed by atoms with Crippen molar-refractivity contribution in [2.75, 3.05) is 10.6 Å². The number of hydrogen-bond donors (Lipinski definition) is 2. The van der Waals surface area contributed by atoms with Gasteiger partial charge in [0.05, 0.1) is 0 Å². The summed E-state index contributed by atoms with van der Waals surface area (Å²) in [6.45, 7) is 7.85. The van der Waals surface area contributed by atoms with Crippen LogP contribution < -0.4 is 10.6 Å². The maximum absolute atomic E-state index is 12.5. The van der Waals surface area contributed by atoms with Gasteiger partial charge in [-0.3, -0.25) is 4.79 Å². The number of carbonyl (C=O) groups excluding carboxylic acids is 1. The Morgan fingerprint density at radius 3 is 2.27 bits per heavy atom. The zero-order valence-corrected chi connectivity index (χ0v) is 15.4. The minimum absolute atomic E-state index is 0.261. The normalized spacial score (nSPS) is 10.5. The molecule has 2 N–H and O–H groups in total. The first-order valence-corrected chi connectivity index (χ1v) is 8.49. The van der Waals surface area contributed by atoms with Gasteiger partial charge in [0.25, 0.3) is 5.91 Å². The van der Waals surface area contributed by atoms with E-state index in [2.05, 4.69) is 38.8 Å². The molecule has 0 aliphatic carbocycles. The quantitative estimate of drug-likeness (QED) is 0.718. The lowest BCUT2D eigenvalue weighted by molar-refractivity contribution is 0.102. The molecule has 0 aliphatic rings. The molecule has 0 fully saturated rings. The first kappa shape index (κ1) is 17.6. The summed E-state index contributed by atoms with van der Waals surface area (Å²) < 4.78 is 0. The van der Waals surface area contributed by atoms with Gasteiger partial charge >= 0.3 is 0 Å². The average Bonchev–Trinajstić information content (AvgIpc) is 2.59. The number of benzene rings is 2. The Morgan fingerprint density at radius 1 is 0.846 bits per heavy atom. The van der Waals surface area contributed by atoms with Crippen molar-refractivity contribution < 1.29 is 4.79 Å². The van der Waals surface area contributed by atoms with E-state index < -0.39 is 0 Å². The number of aromatic nitrogens is 2. The SMILES string of the molecule is Cc1ccc(NC(=O)c2cc(Nc3cc(C)ccc3C)nc(C)n2)cc1. The van der Waals surface area contributed by atoms with Crippen LogP contribution in [-0.2, 0) is 0 Å². The number of rotatable bonds is 4. The van der Waals surface area contributed by atoms with Crippen LogP contribution in [0.5, 0.6) is 0 Å². The topological polar surface area (TPSA) is 66.9 Å². The van der Waals surface area contributed by atoms with Gasteiger partial charge in [-0.15, -0.1) is 0 Å². The average molecular weight is 346 g/mol. The fraction of sp³-hybridized carbons (Fsp3) is 0.190. The van der Waals surface area contributed by atoms with Crippen molar-refractivity contribution in [1.29, 1.82) is 0 Å². The predicted molar refractivity (Wildman–Crippen MR) is 105 cm³/mol. The highest BCUT2D eigenvalue weighted by Crippen LogP contribution is 2.21. The van der Waals surface area contributed by atoms with Crippen LogP contribution in [0.3, 0.4) is 0 Å². The highest BCUT2D eigenvalue weighted by atomic mass is 16.1. The van der Waals surface area contributed by atoms with Gasteiger partial charge in [-0.25, -0.2) is 9.97 Å². The summed E-state index contributed by atoms with van der Waals surface area (Å²) in [6.07, 6.45) is 0. The van der Waals surface area contributed by atoms with Gasteiger partial charge in [-0.05, 0) is 57.0 Å². The molecule has 0 spiro atoms. The highest BCUT2D eigenvalue weighted by Gasteiger charge is 2.12. The van der Waals surface area contributed by atoms with Crippen LogP contribution in [0.4, 0.5) is 17.2 Å². The molecule has 1 heterocycles. The summed E-state index contributed by atoms with van der Waals surface area (Å²) in [5.41, 5.74) is 5.43. The van der Waals surface area contributed by atoms with E-state index in [1.165, 1.54) is 0 Å². The van der Waals surface area contributed by atoms with Crippen LogP contribution >= 0.6 is 0 Å². The smallest absolute Gasteiger partial charge is 0.274 e. The molecule has 3 rings (SSSR count). The maximum Gasteiger partial charge on any atom is 0.274 e. The van der Waals surface area contributed by atoms with Gasteiger partial charge in [0.2, 0.25) is 0 Å². The van der Waals surface area contributed by atoms with Gasteiger partial charge in [-0.1, -0.05) is 29.8 Å². The molecule has 5 heteroatoms. The van der Waals surface area contributed by atoms with E-state index in [9.17, 15) is 4.79 Å². The van der Waals surface area contributed by atoms with E-state index in [-0.39, 0.29) is 5.91 Å². The van der Waals surface area contributed by atoms with Crippen molar-refractivity contribution in [2.45, 2.75) is 27.7 Å². The third-order valence-corrected chi connectivity index (χ3v) is 4.04. The Labute approximate surface area is 153 Å². The lowest BCUT2D eigenvalue weighted by Gasteiger charge is -2.12. The molecule has 0 aliphatic heterocycles. The Bertz CT molecular complexity index is 949. The Morgan fingerprint density at radius 2 is 1.54 bits per heavy atom. The minimum Gasteiger partial charge on any atom is -0.340 e. The molecule has 26 heavy (non-hydrogen) atoms. The number of anilines is 3. The summed E-state index contributed by atoms with van der Waals surface area (Å²) in [5, 5.41) is 6.16. The molecule has 2 aromatic carbocycles. The van der Waals surface area contributed by atoms with Crippen LogP contribution in [0.1, 0.15) is 33.0 Å². The number of nitrogens with zero attached hydrogens (tertiary/aromatic N) is 2. The van der Waals surface area contributed by atoms with Gasteiger partial charge < -0.3 is 10.6 Å². The predicted octanol–water partition coefficient (Wildman–Crippen LogP) is 4.71. The van der Waals surface area contributed by atoms with Crippen LogP contribution in [0.25, 0.3) is 0 Å². The second-order valence-corrected chi connectivity index (χ2v) is 6.45. The molecule has 0 saturated carbocycles. The van der Waals surface area contributed by atoms with Gasteiger partial charge in [-0.2, -0.15) is 0 Å². The molecule has 1 aromatic heterocycles. The lowest BCUT2D eigenvalue weighted by atomic mass is 10.1. The molecular weight excluding hydrogens is 324 g/mol. The van der Waals surface area contributed by atoms with E-state index in [0.29, 0.717) is 17.3 Å². The standard InChI is InChI=1S/C21H22N4O/c1-13-6-9-17(10-7-13)24-21(26)19-12-20(23-16(4)22-19)25-18-11-14(2)5-8-15(18)3/h5-12H,1-4H3,(H,24,26)(H,22,23,25). The van der Waals surface area contributed by atoms with Crippen LogP contribution in [0, 0.1) is 27.7 Å². The number of carbonyl (C=O) groups is 1. The summed E-state index contributed by atoms with van der Waals surface area (Å²) in [4.78, 5) is 21.2. The first-order valence-electron chi connectivity index (χ1n) is 8.49. The third kappa shape index (κ3) is 4.25. The van der Waals surface area contributed by atoms with E-state index in [4.69, 9.17) is 0 Å². The van der Waals surface area contributed by atoms with E-state index in [1.807, 2.05) is 45.0 Å². The summed E-state index contributed by atoms with van der Waals surface area (Å²) >= 11 is 0. The minimum atomic E-state index is -0.261. The highest BCUT2D eigenvalue weighted by molar-refractivity contribution is 6.03. The summed E-state index contributed by atoms with van der Waals surface area (Å²) in [7, 11) is 0. The Hall–Kier alpha value is -3.21. The molecule has 132 valence electrons. The van der Waals surface area contributed by atoms with Gasteiger partial charge in [0.15, 0.2) is 0 Å². The summed E-state index contributed by atoms with van der Waals surface area (Å²) in [6, 6.07) is 15.5. The number of amides is 1. The molecule has 3 aromatic rings. The van der Waals surface area contributed by atoms with Crippen molar-refractivity contribution >= 4 is 23.1 Å². The molecule has 1 amide bonds. The zero-order valence-electron chi connectivity index (χ0n) is 15.4. The second kappa shape index (κ2) is 7.35.